The standard InChI is InChI=1S/C14H15O3P/c15-18(16)17-14(13-9-5-2-6-10-13)11-12-7-3-1-4-8-12/h1-10,14-16H,11H2. The maximum atomic E-state index is 9.06. The predicted octanol–water partition coefficient (Wildman–Crippen LogP) is 3.20. The van der Waals surface area contributed by atoms with Crippen LogP contribution in [0.15, 0.2) is 60.7 Å². The molecular weight excluding hydrogens is 247 g/mol. The highest BCUT2D eigenvalue weighted by atomic mass is 31.2. The highest BCUT2D eigenvalue weighted by Gasteiger charge is 2.16. The average molecular weight is 262 g/mol. The summed E-state index contributed by atoms with van der Waals surface area (Å²) in [6, 6.07) is 19.4. The van der Waals surface area contributed by atoms with Crippen molar-refractivity contribution in [2.24, 2.45) is 0 Å². The number of hydrogen-bond donors (Lipinski definition) is 2. The van der Waals surface area contributed by atoms with Crippen LogP contribution < -0.4 is 0 Å². The van der Waals surface area contributed by atoms with Gasteiger partial charge in [0.1, 0.15) is 0 Å². The molecule has 2 rings (SSSR count). The fourth-order valence-corrected chi connectivity index (χ4v) is 2.25. The first-order chi connectivity index (χ1) is 8.75. The van der Waals surface area contributed by atoms with Gasteiger partial charge in [-0.1, -0.05) is 60.7 Å². The molecule has 0 heterocycles. The molecule has 2 aromatic rings. The van der Waals surface area contributed by atoms with Gasteiger partial charge in [-0.05, 0) is 11.1 Å². The molecule has 0 amide bonds. The molecule has 0 saturated carbocycles. The third-order valence-electron chi connectivity index (χ3n) is 2.66. The highest BCUT2D eigenvalue weighted by molar-refractivity contribution is 7.39. The van der Waals surface area contributed by atoms with E-state index in [9.17, 15) is 0 Å². The molecule has 2 aromatic carbocycles. The molecule has 0 bridgehead atoms. The van der Waals surface area contributed by atoms with Gasteiger partial charge >= 0.3 is 8.60 Å². The number of rotatable bonds is 5. The SMILES string of the molecule is OP(O)OC(Cc1ccccc1)c1ccccc1. The lowest BCUT2D eigenvalue weighted by Gasteiger charge is -2.18. The first kappa shape index (κ1) is 13.2. The maximum absolute atomic E-state index is 9.06. The minimum absolute atomic E-state index is 0.338. The molecule has 0 aliphatic rings. The van der Waals surface area contributed by atoms with Crippen LogP contribution in [0.1, 0.15) is 17.2 Å². The molecule has 0 spiro atoms. The molecule has 4 heteroatoms. The van der Waals surface area contributed by atoms with Gasteiger partial charge < -0.3 is 14.3 Å². The Balaban J connectivity index is 2.16. The zero-order valence-electron chi connectivity index (χ0n) is 9.81. The molecule has 0 fully saturated rings. The second-order valence-corrected chi connectivity index (χ2v) is 4.66. The van der Waals surface area contributed by atoms with Gasteiger partial charge in [-0.3, -0.25) is 0 Å². The zero-order chi connectivity index (χ0) is 12.8. The number of benzene rings is 2. The van der Waals surface area contributed by atoms with Crippen LogP contribution in [0.4, 0.5) is 0 Å². The normalized spacial score (nSPS) is 12.6. The first-order valence-electron chi connectivity index (χ1n) is 5.69. The van der Waals surface area contributed by atoms with E-state index in [0.29, 0.717) is 6.42 Å². The summed E-state index contributed by atoms with van der Waals surface area (Å²) in [5, 5.41) is 0. The molecule has 0 radical (unpaired) electrons. The predicted molar refractivity (Wildman–Crippen MR) is 71.8 cm³/mol. The molecule has 1 unspecified atom stereocenters. The lowest BCUT2D eigenvalue weighted by molar-refractivity contribution is 0.173. The summed E-state index contributed by atoms with van der Waals surface area (Å²) in [6.07, 6.45) is 0.278. The van der Waals surface area contributed by atoms with Crippen LogP contribution >= 0.6 is 8.60 Å². The summed E-state index contributed by atoms with van der Waals surface area (Å²) in [4.78, 5) is 18.1. The molecule has 0 saturated heterocycles. The molecule has 0 aliphatic heterocycles. The second kappa shape index (κ2) is 6.62. The highest BCUT2D eigenvalue weighted by Crippen LogP contribution is 2.36. The third kappa shape index (κ3) is 3.90. The Morgan fingerprint density at radius 1 is 0.889 bits per heavy atom. The first-order valence-corrected chi connectivity index (χ1v) is 6.86. The van der Waals surface area contributed by atoms with E-state index in [1.54, 1.807) is 0 Å². The van der Waals surface area contributed by atoms with Crippen molar-refractivity contribution in [3.05, 3.63) is 71.8 Å². The summed E-state index contributed by atoms with van der Waals surface area (Å²) >= 11 is 0. The van der Waals surface area contributed by atoms with Crippen molar-refractivity contribution in [2.75, 3.05) is 0 Å². The van der Waals surface area contributed by atoms with Gasteiger partial charge in [0.15, 0.2) is 0 Å². The van der Waals surface area contributed by atoms with Crippen LogP contribution in [0, 0.1) is 0 Å². The summed E-state index contributed by atoms with van der Waals surface area (Å²) in [5.74, 6) is 0. The van der Waals surface area contributed by atoms with Gasteiger partial charge in [0.05, 0.1) is 6.10 Å². The molecule has 2 N–H and O–H groups in total. The lowest BCUT2D eigenvalue weighted by atomic mass is 10.0. The van der Waals surface area contributed by atoms with Crippen molar-refractivity contribution in [1.82, 2.24) is 0 Å². The Labute approximate surface area is 108 Å². The average Bonchev–Trinajstić information content (AvgIpc) is 2.40. The van der Waals surface area contributed by atoms with Crippen LogP contribution in [-0.2, 0) is 10.9 Å². The van der Waals surface area contributed by atoms with E-state index in [1.165, 1.54) is 0 Å². The van der Waals surface area contributed by atoms with Gasteiger partial charge in [-0.25, -0.2) is 0 Å². The van der Waals surface area contributed by atoms with Gasteiger partial charge in [-0.15, -0.1) is 0 Å². The smallest absolute Gasteiger partial charge is 0.327 e. The molecular formula is C14H15O3P. The Morgan fingerprint density at radius 3 is 2.00 bits per heavy atom. The van der Waals surface area contributed by atoms with Crippen molar-refractivity contribution < 1.29 is 14.3 Å². The quantitative estimate of drug-likeness (QED) is 0.813. The Bertz CT molecular complexity index is 459. The van der Waals surface area contributed by atoms with Crippen molar-refractivity contribution in [3.63, 3.8) is 0 Å². The molecule has 0 aliphatic carbocycles. The van der Waals surface area contributed by atoms with Crippen molar-refractivity contribution in [3.8, 4) is 0 Å². The van der Waals surface area contributed by atoms with Crippen LogP contribution in [0.2, 0.25) is 0 Å². The lowest BCUT2D eigenvalue weighted by Crippen LogP contribution is -2.05. The topological polar surface area (TPSA) is 49.7 Å². The van der Waals surface area contributed by atoms with Gasteiger partial charge in [0, 0.05) is 6.42 Å². The van der Waals surface area contributed by atoms with Gasteiger partial charge in [0.25, 0.3) is 0 Å². The second-order valence-electron chi connectivity index (χ2n) is 3.95. The maximum Gasteiger partial charge on any atom is 0.327 e. The molecule has 18 heavy (non-hydrogen) atoms. The Kier molecular flexibility index (Phi) is 4.85. The summed E-state index contributed by atoms with van der Waals surface area (Å²) < 4.78 is 5.22. The monoisotopic (exact) mass is 262 g/mol. The van der Waals surface area contributed by atoms with Crippen molar-refractivity contribution in [2.45, 2.75) is 12.5 Å². The summed E-state index contributed by atoms with van der Waals surface area (Å²) in [5.41, 5.74) is 2.04. The molecule has 1 atom stereocenters. The van der Waals surface area contributed by atoms with Crippen LogP contribution in [0.3, 0.4) is 0 Å². The third-order valence-corrected chi connectivity index (χ3v) is 3.10. The number of hydrogen-bond acceptors (Lipinski definition) is 3. The van der Waals surface area contributed by atoms with Crippen LogP contribution in [-0.4, -0.2) is 9.79 Å². The molecule has 0 aromatic heterocycles. The van der Waals surface area contributed by atoms with Gasteiger partial charge in [0.2, 0.25) is 0 Å². The van der Waals surface area contributed by atoms with E-state index in [-0.39, 0.29) is 6.10 Å². The van der Waals surface area contributed by atoms with Gasteiger partial charge in [-0.2, -0.15) is 0 Å². The fourth-order valence-electron chi connectivity index (χ4n) is 1.83. The summed E-state index contributed by atoms with van der Waals surface area (Å²) in [6.45, 7) is 0. The van der Waals surface area contributed by atoms with E-state index in [1.807, 2.05) is 60.7 Å². The van der Waals surface area contributed by atoms with E-state index >= 15 is 0 Å². The van der Waals surface area contributed by atoms with E-state index < -0.39 is 8.60 Å². The van der Waals surface area contributed by atoms with E-state index in [2.05, 4.69) is 0 Å². The summed E-state index contributed by atoms with van der Waals surface area (Å²) in [7, 11) is -2.36. The zero-order valence-corrected chi connectivity index (χ0v) is 10.7. The Morgan fingerprint density at radius 2 is 1.44 bits per heavy atom. The Hall–Kier alpha value is -1.25. The van der Waals surface area contributed by atoms with Crippen molar-refractivity contribution >= 4 is 8.60 Å². The minimum atomic E-state index is -2.36. The fraction of sp³-hybridized carbons (Fsp3) is 0.143. The minimum Gasteiger partial charge on any atom is -0.328 e. The van der Waals surface area contributed by atoms with Crippen LogP contribution in [0.25, 0.3) is 0 Å². The van der Waals surface area contributed by atoms with E-state index in [4.69, 9.17) is 14.3 Å². The van der Waals surface area contributed by atoms with Crippen LogP contribution in [0.5, 0.6) is 0 Å². The molecule has 3 nitrogen and oxygen atoms in total. The largest absolute Gasteiger partial charge is 0.328 e. The van der Waals surface area contributed by atoms with E-state index in [0.717, 1.165) is 11.1 Å². The molecule has 94 valence electrons. The van der Waals surface area contributed by atoms with Crippen molar-refractivity contribution in [1.29, 1.82) is 0 Å².